The highest BCUT2D eigenvalue weighted by Gasteiger charge is 2.72. The van der Waals surface area contributed by atoms with E-state index in [-0.39, 0.29) is 29.5 Å². The monoisotopic (exact) mass is 458 g/mol. The lowest BCUT2D eigenvalue weighted by Gasteiger charge is -2.60. The topological polar surface area (TPSA) is 98.0 Å². The molecule has 5 heteroatoms. The third-order valence-corrected chi connectivity index (χ3v) is 11.4. The number of aliphatic hydroxyl groups excluding tert-OH is 2. The Morgan fingerprint density at radius 1 is 1.12 bits per heavy atom. The first-order valence-corrected chi connectivity index (χ1v) is 13.1. The molecule has 0 amide bonds. The second-order valence-corrected chi connectivity index (χ2v) is 12.8. The van der Waals surface area contributed by atoms with Crippen molar-refractivity contribution in [2.75, 3.05) is 0 Å². The van der Waals surface area contributed by atoms with Gasteiger partial charge in [-0.3, -0.25) is 4.79 Å². The maximum Gasteiger partial charge on any atom is 0.170 e. The third-order valence-electron chi connectivity index (χ3n) is 11.4. The minimum Gasteiger partial charge on any atom is -0.393 e. The Balaban J connectivity index is 1.62. The Morgan fingerprint density at radius 2 is 1.82 bits per heavy atom. The van der Waals surface area contributed by atoms with Gasteiger partial charge in [0.1, 0.15) is 0 Å². The Morgan fingerprint density at radius 3 is 2.48 bits per heavy atom. The van der Waals surface area contributed by atoms with Crippen molar-refractivity contribution in [2.24, 2.45) is 40.4 Å². The predicted molar refractivity (Wildman–Crippen MR) is 126 cm³/mol. The molecule has 5 rings (SSSR count). The van der Waals surface area contributed by atoms with Crippen LogP contribution >= 0.6 is 0 Å². The fraction of sp³-hybridized carbons (Fsp3) is 0.821. The van der Waals surface area contributed by atoms with E-state index in [1.807, 2.05) is 13.0 Å². The van der Waals surface area contributed by atoms with Crippen LogP contribution in [0.4, 0.5) is 0 Å². The maximum atomic E-state index is 14.0. The number of hydrogen-bond acceptors (Lipinski definition) is 5. The van der Waals surface area contributed by atoms with Crippen molar-refractivity contribution in [1.29, 1.82) is 0 Å². The normalized spacial score (nSPS) is 50.7. The van der Waals surface area contributed by atoms with Crippen LogP contribution in [0.5, 0.6) is 0 Å². The van der Waals surface area contributed by atoms with Crippen molar-refractivity contribution < 1.29 is 25.2 Å². The summed E-state index contributed by atoms with van der Waals surface area (Å²) in [5.41, 5.74) is -2.57. The number of rotatable bonds is 3. The standard InChI is InChI=1S/C28H42O5/c1-15(2)16(3)24(31)19-13-26-14-23(30)28(33)22(21(26)7-6-20(26)17(19)4)9-11-27(32)12-18(29)8-10-25(27,28)5/h9,11,15-20,24,29,31-33H,6-8,10,12-14H2,1-5H3/t16-,17+,18+,19-,20-,24+,25-,26-,27-,28+/m0/s1. The summed E-state index contributed by atoms with van der Waals surface area (Å²) in [6, 6.07) is 0. The molecule has 0 aromatic rings. The molecule has 184 valence electrons. The van der Waals surface area contributed by atoms with Crippen LogP contribution in [0.2, 0.25) is 0 Å². The predicted octanol–water partition coefficient (Wildman–Crippen LogP) is 3.54. The van der Waals surface area contributed by atoms with E-state index in [9.17, 15) is 25.2 Å². The molecule has 5 aliphatic rings. The van der Waals surface area contributed by atoms with E-state index in [0.717, 1.165) is 19.3 Å². The summed E-state index contributed by atoms with van der Waals surface area (Å²) in [7, 11) is 0. The van der Waals surface area contributed by atoms with Gasteiger partial charge in [-0.1, -0.05) is 52.3 Å². The zero-order valence-electron chi connectivity index (χ0n) is 20.8. The minimum absolute atomic E-state index is 0.143. The summed E-state index contributed by atoms with van der Waals surface area (Å²) in [5, 5.41) is 45.2. The number of allylic oxidation sites excluding steroid dienone is 1. The second kappa shape index (κ2) is 7.25. The fourth-order valence-corrected chi connectivity index (χ4v) is 8.86. The number of hydrogen-bond donors (Lipinski definition) is 4. The Labute approximate surface area is 198 Å². The molecule has 10 atom stereocenters. The van der Waals surface area contributed by atoms with Gasteiger partial charge in [-0.05, 0) is 67.3 Å². The average molecular weight is 459 g/mol. The van der Waals surface area contributed by atoms with Gasteiger partial charge < -0.3 is 20.4 Å². The van der Waals surface area contributed by atoms with Crippen LogP contribution in [0.15, 0.2) is 23.3 Å². The molecule has 5 nitrogen and oxygen atoms in total. The van der Waals surface area contributed by atoms with Crippen molar-refractivity contribution in [3.8, 4) is 0 Å². The third kappa shape index (κ3) is 2.77. The number of aliphatic hydroxyl groups is 4. The van der Waals surface area contributed by atoms with Gasteiger partial charge in [-0.2, -0.15) is 0 Å². The van der Waals surface area contributed by atoms with Crippen molar-refractivity contribution in [1.82, 2.24) is 0 Å². The van der Waals surface area contributed by atoms with Gasteiger partial charge in [0, 0.05) is 23.7 Å². The van der Waals surface area contributed by atoms with Crippen LogP contribution in [-0.4, -0.2) is 49.6 Å². The molecule has 0 unspecified atom stereocenters. The molecular weight excluding hydrogens is 416 g/mol. The highest BCUT2D eigenvalue weighted by atomic mass is 16.3. The molecule has 0 radical (unpaired) electrons. The molecule has 0 bridgehead atoms. The van der Waals surface area contributed by atoms with Gasteiger partial charge in [0.2, 0.25) is 0 Å². The zero-order chi connectivity index (χ0) is 24.1. The zero-order valence-corrected chi connectivity index (χ0v) is 20.8. The average Bonchev–Trinajstić information content (AvgIpc) is 3.23. The highest BCUT2D eigenvalue weighted by Crippen LogP contribution is 2.70. The lowest BCUT2D eigenvalue weighted by Crippen LogP contribution is -2.70. The molecular formula is C28H42O5. The molecule has 0 heterocycles. The van der Waals surface area contributed by atoms with Gasteiger partial charge in [0.05, 0.1) is 17.8 Å². The van der Waals surface area contributed by atoms with E-state index < -0.39 is 28.8 Å². The molecule has 1 spiro atoms. The molecule has 0 aromatic heterocycles. The number of fused-ring (bicyclic) bond motifs is 3. The van der Waals surface area contributed by atoms with Gasteiger partial charge in [0.15, 0.2) is 11.4 Å². The lowest BCUT2D eigenvalue weighted by molar-refractivity contribution is -0.199. The smallest absolute Gasteiger partial charge is 0.170 e. The molecule has 4 N–H and O–H groups in total. The summed E-state index contributed by atoms with van der Waals surface area (Å²) in [6.45, 7) is 10.5. The second-order valence-electron chi connectivity index (χ2n) is 12.8. The van der Waals surface area contributed by atoms with Gasteiger partial charge in [-0.15, -0.1) is 0 Å². The van der Waals surface area contributed by atoms with E-state index >= 15 is 0 Å². The maximum absolute atomic E-state index is 14.0. The number of ketones is 1. The summed E-state index contributed by atoms with van der Waals surface area (Å²) >= 11 is 0. The number of carbonyl (C=O) groups excluding carboxylic acids is 1. The molecule has 3 fully saturated rings. The minimum atomic E-state index is -1.72. The van der Waals surface area contributed by atoms with Crippen LogP contribution in [-0.2, 0) is 4.79 Å². The van der Waals surface area contributed by atoms with E-state index in [4.69, 9.17) is 0 Å². The summed E-state index contributed by atoms with van der Waals surface area (Å²) in [6.07, 6.45) is 6.47. The Hall–Kier alpha value is -1.01. The van der Waals surface area contributed by atoms with Crippen LogP contribution in [0, 0.1) is 40.4 Å². The first-order valence-electron chi connectivity index (χ1n) is 13.1. The molecule has 0 aromatic carbocycles. The molecule has 0 saturated heterocycles. The van der Waals surface area contributed by atoms with Crippen molar-refractivity contribution in [2.45, 2.75) is 103 Å². The van der Waals surface area contributed by atoms with E-state index in [2.05, 4.69) is 27.7 Å². The van der Waals surface area contributed by atoms with Crippen LogP contribution in [0.1, 0.15) is 79.6 Å². The van der Waals surface area contributed by atoms with Crippen LogP contribution in [0.25, 0.3) is 0 Å². The van der Waals surface area contributed by atoms with Crippen molar-refractivity contribution in [3.05, 3.63) is 23.3 Å². The van der Waals surface area contributed by atoms with E-state index in [1.54, 1.807) is 6.08 Å². The summed E-state index contributed by atoms with van der Waals surface area (Å²) in [5.74, 6) is 1.20. The van der Waals surface area contributed by atoms with E-state index in [1.165, 1.54) is 5.57 Å². The molecule has 3 saturated carbocycles. The quantitative estimate of drug-likeness (QED) is 0.519. The number of Topliss-reactive ketones (excluding diaryl/α,β-unsaturated/α-hetero) is 1. The first kappa shape index (κ1) is 23.7. The van der Waals surface area contributed by atoms with Crippen molar-refractivity contribution in [3.63, 3.8) is 0 Å². The fourth-order valence-electron chi connectivity index (χ4n) is 8.86. The van der Waals surface area contributed by atoms with Gasteiger partial charge in [0.25, 0.3) is 0 Å². The van der Waals surface area contributed by atoms with Crippen LogP contribution < -0.4 is 0 Å². The summed E-state index contributed by atoms with van der Waals surface area (Å²) in [4.78, 5) is 14.0. The number of carbonyl (C=O) groups is 1. The molecule has 0 aliphatic heterocycles. The molecule has 33 heavy (non-hydrogen) atoms. The molecule has 5 aliphatic carbocycles. The lowest BCUT2D eigenvalue weighted by atomic mass is 9.46. The largest absolute Gasteiger partial charge is 0.393 e. The Bertz CT molecular complexity index is 921. The highest BCUT2D eigenvalue weighted by molar-refractivity contribution is 5.96. The van der Waals surface area contributed by atoms with Gasteiger partial charge >= 0.3 is 0 Å². The van der Waals surface area contributed by atoms with E-state index in [0.29, 0.717) is 42.6 Å². The Kier molecular flexibility index (Phi) is 5.21. The van der Waals surface area contributed by atoms with Gasteiger partial charge in [-0.25, -0.2) is 0 Å². The van der Waals surface area contributed by atoms with Crippen LogP contribution in [0.3, 0.4) is 0 Å². The van der Waals surface area contributed by atoms with Crippen molar-refractivity contribution >= 4 is 5.78 Å². The summed E-state index contributed by atoms with van der Waals surface area (Å²) < 4.78 is 0. The SMILES string of the molecule is CC(C)[C@H](C)[C@@H](O)[C@H]1C[C@@]23CC(=O)[C@]4(O)C(=C2CC[C@H]3[C@@H]1C)C=C[C@]1(O)C[C@H](O)CC[C@]41C. The first-order chi connectivity index (χ1) is 15.3.